The number of pyridine rings is 1. The molecule has 82 valence electrons. The van der Waals surface area contributed by atoms with E-state index in [-0.39, 0.29) is 5.91 Å². The van der Waals surface area contributed by atoms with Crippen LogP contribution >= 0.6 is 22.9 Å². The first-order chi connectivity index (χ1) is 7.66. The lowest BCUT2D eigenvalue weighted by Crippen LogP contribution is -2.11. The number of thiophene rings is 1. The molecule has 0 unspecified atom stereocenters. The number of nitrogens with zero attached hydrogens (tertiary/aromatic N) is 1. The number of amides is 1. The lowest BCUT2D eigenvalue weighted by Gasteiger charge is -2.03. The van der Waals surface area contributed by atoms with E-state index in [1.54, 1.807) is 23.6 Å². The molecule has 0 spiro atoms. The highest BCUT2D eigenvalue weighted by atomic mass is 35.5. The average molecular weight is 254 g/mol. The lowest BCUT2D eigenvalue weighted by molar-refractivity contribution is 0.103. The van der Waals surface area contributed by atoms with Crippen LogP contribution in [0.3, 0.4) is 0 Å². The van der Waals surface area contributed by atoms with Crippen molar-refractivity contribution < 1.29 is 4.79 Å². The second-order valence-electron chi connectivity index (χ2n) is 3.03. The number of nitrogen functional groups attached to an aromatic ring is 1. The van der Waals surface area contributed by atoms with Crippen molar-refractivity contribution in [2.45, 2.75) is 0 Å². The maximum atomic E-state index is 11.8. The summed E-state index contributed by atoms with van der Waals surface area (Å²) in [6.45, 7) is 0. The topological polar surface area (TPSA) is 68.0 Å². The Kier molecular flexibility index (Phi) is 3.07. The summed E-state index contributed by atoms with van der Waals surface area (Å²) < 4.78 is 0. The van der Waals surface area contributed by atoms with Gasteiger partial charge in [0.1, 0.15) is 10.0 Å². The van der Waals surface area contributed by atoms with Crippen molar-refractivity contribution in [3.63, 3.8) is 0 Å². The minimum atomic E-state index is -0.241. The normalized spacial score (nSPS) is 10.1. The molecule has 2 rings (SSSR count). The van der Waals surface area contributed by atoms with Crippen LogP contribution in [0.5, 0.6) is 0 Å². The predicted molar refractivity (Wildman–Crippen MR) is 65.9 cm³/mol. The molecule has 2 aromatic heterocycles. The van der Waals surface area contributed by atoms with Gasteiger partial charge in [-0.2, -0.15) is 0 Å². The summed E-state index contributed by atoms with van der Waals surface area (Å²) in [6.07, 6.45) is 1.52. The highest BCUT2D eigenvalue weighted by molar-refractivity contribution is 7.12. The predicted octanol–water partition coefficient (Wildman–Crippen LogP) is 2.63. The molecule has 0 atom stereocenters. The van der Waals surface area contributed by atoms with Crippen LogP contribution in [0.4, 0.5) is 11.4 Å². The quantitative estimate of drug-likeness (QED) is 0.809. The zero-order chi connectivity index (χ0) is 11.5. The van der Waals surface area contributed by atoms with Crippen LogP contribution < -0.4 is 11.1 Å². The minimum Gasteiger partial charge on any atom is -0.397 e. The SMILES string of the molecule is Nc1ccsc1C(=O)Nc1ccnc(Cl)c1. The second kappa shape index (κ2) is 4.51. The molecule has 0 aliphatic carbocycles. The summed E-state index contributed by atoms with van der Waals surface area (Å²) in [7, 11) is 0. The third-order valence-corrected chi connectivity index (χ3v) is 3.02. The van der Waals surface area contributed by atoms with Gasteiger partial charge >= 0.3 is 0 Å². The van der Waals surface area contributed by atoms with E-state index < -0.39 is 0 Å². The van der Waals surface area contributed by atoms with Crippen molar-refractivity contribution in [1.29, 1.82) is 0 Å². The Morgan fingerprint density at radius 1 is 1.50 bits per heavy atom. The van der Waals surface area contributed by atoms with Gasteiger partial charge in [-0.1, -0.05) is 11.6 Å². The summed E-state index contributed by atoms with van der Waals surface area (Å²) in [4.78, 5) is 16.1. The number of anilines is 2. The van der Waals surface area contributed by atoms with Crippen LogP contribution in [-0.4, -0.2) is 10.9 Å². The van der Waals surface area contributed by atoms with Gasteiger partial charge in [0.2, 0.25) is 0 Å². The largest absolute Gasteiger partial charge is 0.397 e. The highest BCUT2D eigenvalue weighted by Gasteiger charge is 2.11. The van der Waals surface area contributed by atoms with Crippen molar-refractivity contribution in [3.05, 3.63) is 39.8 Å². The third-order valence-electron chi connectivity index (χ3n) is 1.89. The number of carbonyl (C=O) groups excluding carboxylic acids is 1. The molecule has 0 aliphatic heterocycles. The van der Waals surface area contributed by atoms with E-state index in [4.69, 9.17) is 17.3 Å². The molecule has 1 amide bonds. The fraction of sp³-hybridized carbons (Fsp3) is 0. The summed E-state index contributed by atoms with van der Waals surface area (Å²) in [5, 5.41) is 4.79. The number of nitrogens with one attached hydrogen (secondary N) is 1. The van der Waals surface area contributed by atoms with E-state index in [9.17, 15) is 4.79 Å². The number of hydrogen-bond donors (Lipinski definition) is 2. The molecule has 3 N–H and O–H groups in total. The van der Waals surface area contributed by atoms with Gasteiger partial charge in [0.25, 0.3) is 5.91 Å². The fourth-order valence-corrected chi connectivity index (χ4v) is 2.06. The van der Waals surface area contributed by atoms with Crippen molar-refractivity contribution in [1.82, 2.24) is 4.98 Å². The Balaban J connectivity index is 2.17. The van der Waals surface area contributed by atoms with E-state index in [0.29, 0.717) is 21.4 Å². The smallest absolute Gasteiger partial charge is 0.267 e. The van der Waals surface area contributed by atoms with Gasteiger partial charge in [0, 0.05) is 11.9 Å². The zero-order valence-electron chi connectivity index (χ0n) is 8.11. The fourth-order valence-electron chi connectivity index (χ4n) is 1.17. The Bertz CT molecular complexity index is 526. The Hall–Kier alpha value is -1.59. The van der Waals surface area contributed by atoms with Crippen LogP contribution in [0.2, 0.25) is 5.15 Å². The third kappa shape index (κ3) is 2.32. The molecule has 0 saturated carbocycles. The van der Waals surface area contributed by atoms with E-state index in [1.165, 1.54) is 17.5 Å². The van der Waals surface area contributed by atoms with Crippen molar-refractivity contribution in [2.75, 3.05) is 11.1 Å². The van der Waals surface area contributed by atoms with Gasteiger partial charge in [0.05, 0.1) is 5.69 Å². The number of rotatable bonds is 2. The molecule has 0 fully saturated rings. The Morgan fingerprint density at radius 2 is 2.31 bits per heavy atom. The molecule has 6 heteroatoms. The highest BCUT2D eigenvalue weighted by Crippen LogP contribution is 2.21. The van der Waals surface area contributed by atoms with Crippen LogP contribution in [0.25, 0.3) is 0 Å². The second-order valence-corrected chi connectivity index (χ2v) is 4.33. The summed E-state index contributed by atoms with van der Waals surface area (Å²) in [5.74, 6) is -0.241. The van der Waals surface area contributed by atoms with Crippen LogP contribution in [-0.2, 0) is 0 Å². The molecule has 16 heavy (non-hydrogen) atoms. The van der Waals surface area contributed by atoms with Gasteiger partial charge < -0.3 is 11.1 Å². The number of halogens is 1. The number of aromatic nitrogens is 1. The summed E-state index contributed by atoms with van der Waals surface area (Å²) in [6, 6.07) is 4.93. The van der Waals surface area contributed by atoms with Crippen molar-refractivity contribution in [2.24, 2.45) is 0 Å². The number of carbonyl (C=O) groups is 1. The van der Waals surface area contributed by atoms with Gasteiger partial charge in [0.15, 0.2) is 0 Å². The first-order valence-electron chi connectivity index (χ1n) is 4.42. The molecule has 2 aromatic rings. The van der Waals surface area contributed by atoms with E-state index in [0.717, 1.165) is 0 Å². The molecule has 4 nitrogen and oxygen atoms in total. The van der Waals surface area contributed by atoms with E-state index >= 15 is 0 Å². The zero-order valence-corrected chi connectivity index (χ0v) is 9.68. The Morgan fingerprint density at radius 3 is 2.94 bits per heavy atom. The average Bonchev–Trinajstić information content (AvgIpc) is 2.64. The monoisotopic (exact) mass is 253 g/mol. The van der Waals surface area contributed by atoms with Crippen LogP contribution in [0.15, 0.2) is 29.8 Å². The maximum Gasteiger partial charge on any atom is 0.267 e. The standard InChI is InChI=1S/C10H8ClN3OS/c11-8-5-6(1-3-13-8)14-10(15)9-7(12)2-4-16-9/h1-5H,12H2,(H,13,14,15). The molecule has 0 aliphatic rings. The van der Waals surface area contributed by atoms with Crippen LogP contribution in [0.1, 0.15) is 9.67 Å². The maximum absolute atomic E-state index is 11.8. The minimum absolute atomic E-state index is 0.241. The van der Waals surface area contributed by atoms with Crippen molar-refractivity contribution in [3.8, 4) is 0 Å². The number of hydrogen-bond acceptors (Lipinski definition) is 4. The molecule has 0 aromatic carbocycles. The summed E-state index contributed by atoms with van der Waals surface area (Å²) >= 11 is 7.00. The van der Waals surface area contributed by atoms with Gasteiger partial charge in [-0.05, 0) is 23.6 Å². The Labute approximate surface area is 101 Å². The van der Waals surface area contributed by atoms with Gasteiger partial charge in [-0.3, -0.25) is 4.79 Å². The van der Waals surface area contributed by atoms with E-state index in [1.807, 2.05) is 0 Å². The van der Waals surface area contributed by atoms with Crippen molar-refractivity contribution >= 4 is 40.2 Å². The molecule has 0 saturated heterocycles. The first-order valence-corrected chi connectivity index (χ1v) is 5.68. The molecular formula is C10H8ClN3OS. The number of nitrogens with two attached hydrogens (primary N) is 1. The van der Waals surface area contributed by atoms with Gasteiger partial charge in [-0.15, -0.1) is 11.3 Å². The molecular weight excluding hydrogens is 246 g/mol. The molecule has 0 radical (unpaired) electrons. The van der Waals surface area contributed by atoms with Crippen LogP contribution in [0, 0.1) is 0 Å². The van der Waals surface area contributed by atoms with E-state index in [2.05, 4.69) is 10.3 Å². The molecule has 2 heterocycles. The lowest BCUT2D eigenvalue weighted by atomic mass is 10.3. The molecule has 0 bridgehead atoms. The van der Waals surface area contributed by atoms with Gasteiger partial charge in [-0.25, -0.2) is 4.98 Å². The summed E-state index contributed by atoms with van der Waals surface area (Å²) in [5.41, 5.74) is 6.71. The first kappa shape index (κ1) is 10.9.